The highest BCUT2D eigenvalue weighted by molar-refractivity contribution is 5.88. The molecule has 2 atom stereocenters. The van der Waals surface area contributed by atoms with Gasteiger partial charge in [0.25, 0.3) is 0 Å². The standard InChI is InChI=1S/C23H22O10/c24-16-7-1-14(2-8-16)5-11-20(28)32-18(13-19(26)27)22(23(30)31)33-21(29)12-6-15-3-9-17(25)10-4-15/h1-12,18,22-25,30-31H,13H2,(H,26,27)/b11-5+,12-6+/t18-,22+/m0/s1. The highest BCUT2D eigenvalue weighted by Crippen LogP contribution is 2.16. The summed E-state index contributed by atoms with van der Waals surface area (Å²) in [5.74, 6) is -3.45. The van der Waals surface area contributed by atoms with Crippen LogP contribution in [-0.2, 0) is 23.9 Å². The lowest BCUT2D eigenvalue weighted by atomic mass is 10.1. The Morgan fingerprint density at radius 3 is 1.58 bits per heavy atom. The molecule has 2 rings (SSSR count). The third-order valence-corrected chi connectivity index (χ3v) is 4.17. The van der Waals surface area contributed by atoms with Crippen LogP contribution in [0.5, 0.6) is 11.5 Å². The van der Waals surface area contributed by atoms with Crippen LogP contribution in [0.15, 0.2) is 60.7 Å². The van der Waals surface area contributed by atoms with E-state index in [-0.39, 0.29) is 11.5 Å². The summed E-state index contributed by atoms with van der Waals surface area (Å²) in [6.45, 7) is 0. The van der Waals surface area contributed by atoms with E-state index in [0.29, 0.717) is 11.1 Å². The fourth-order valence-corrected chi connectivity index (χ4v) is 2.59. The highest BCUT2D eigenvalue weighted by atomic mass is 16.6. The molecule has 0 spiro atoms. The van der Waals surface area contributed by atoms with Gasteiger partial charge in [-0.05, 0) is 47.5 Å². The Hall–Kier alpha value is -4.15. The predicted molar refractivity (Wildman–Crippen MR) is 115 cm³/mol. The van der Waals surface area contributed by atoms with Gasteiger partial charge in [0.05, 0.1) is 6.42 Å². The summed E-state index contributed by atoms with van der Waals surface area (Å²) < 4.78 is 9.93. The number of hydrogen-bond donors (Lipinski definition) is 5. The largest absolute Gasteiger partial charge is 0.508 e. The first kappa shape index (κ1) is 25.1. The number of esters is 2. The van der Waals surface area contributed by atoms with Gasteiger partial charge >= 0.3 is 17.9 Å². The number of hydrogen-bond acceptors (Lipinski definition) is 9. The number of phenolic OH excluding ortho intramolecular Hbond substituents is 2. The van der Waals surface area contributed by atoms with Gasteiger partial charge in [-0.3, -0.25) is 4.79 Å². The first-order valence-corrected chi connectivity index (χ1v) is 9.57. The van der Waals surface area contributed by atoms with Crippen molar-refractivity contribution in [3.8, 4) is 11.5 Å². The topological polar surface area (TPSA) is 171 Å². The molecule has 10 nitrogen and oxygen atoms in total. The van der Waals surface area contributed by atoms with Crippen molar-refractivity contribution in [2.45, 2.75) is 24.9 Å². The summed E-state index contributed by atoms with van der Waals surface area (Å²) in [5, 5.41) is 46.8. The number of carboxylic acids is 1. The summed E-state index contributed by atoms with van der Waals surface area (Å²) in [6.07, 6.45) is -2.22. The number of aliphatic hydroxyl groups excluding tert-OH is 1. The molecule has 0 fully saturated rings. The van der Waals surface area contributed by atoms with Crippen LogP contribution in [0.3, 0.4) is 0 Å². The Balaban J connectivity index is 2.09. The maximum Gasteiger partial charge on any atom is 0.331 e. The number of carbonyl (C=O) groups is 3. The summed E-state index contributed by atoms with van der Waals surface area (Å²) in [7, 11) is 0. The van der Waals surface area contributed by atoms with Gasteiger partial charge in [0.15, 0.2) is 18.5 Å². The van der Waals surface area contributed by atoms with Gasteiger partial charge in [-0.15, -0.1) is 0 Å². The Kier molecular flexibility index (Phi) is 9.16. The molecule has 10 heteroatoms. The number of aliphatic carboxylic acids is 1. The molecule has 0 radical (unpaired) electrons. The molecule has 0 unspecified atom stereocenters. The van der Waals surface area contributed by atoms with Gasteiger partial charge in [0, 0.05) is 12.2 Å². The van der Waals surface area contributed by atoms with E-state index in [2.05, 4.69) is 0 Å². The molecule has 0 heterocycles. The van der Waals surface area contributed by atoms with Crippen molar-refractivity contribution >= 4 is 30.1 Å². The van der Waals surface area contributed by atoms with Crippen molar-refractivity contribution in [2.24, 2.45) is 0 Å². The average Bonchev–Trinajstić information content (AvgIpc) is 2.75. The molecule has 0 aliphatic carbocycles. The van der Waals surface area contributed by atoms with Crippen molar-refractivity contribution in [1.82, 2.24) is 0 Å². The molecule has 174 valence electrons. The molecule has 0 saturated carbocycles. The molecule has 33 heavy (non-hydrogen) atoms. The maximum atomic E-state index is 12.1. The Labute approximate surface area is 188 Å². The molecule has 0 saturated heterocycles. The lowest BCUT2D eigenvalue weighted by molar-refractivity contribution is -0.199. The number of rotatable bonds is 10. The lowest BCUT2D eigenvalue weighted by Crippen LogP contribution is -2.44. The highest BCUT2D eigenvalue weighted by Gasteiger charge is 2.35. The van der Waals surface area contributed by atoms with E-state index in [9.17, 15) is 34.8 Å². The van der Waals surface area contributed by atoms with Crippen molar-refractivity contribution in [2.75, 3.05) is 0 Å². The average molecular weight is 458 g/mol. The zero-order chi connectivity index (χ0) is 24.4. The number of ether oxygens (including phenoxy) is 2. The minimum absolute atomic E-state index is 0.0241. The predicted octanol–water partition coefficient (Wildman–Crippen LogP) is 1.43. The second kappa shape index (κ2) is 12.0. The third-order valence-electron chi connectivity index (χ3n) is 4.17. The second-order valence-electron chi connectivity index (χ2n) is 6.74. The molecule has 0 bridgehead atoms. The van der Waals surface area contributed by atoms with Crippen LogP contribution in [0.1, 0.15) is 17.5 Å². The van der Waals surface area contributed by atoms with Crippen LogP contribution >= 0.6 is 0 Å². The van der Waals surface area contributed by atoms with E-state index >= 15 is 0 Å². The fraction of sp³-hybridized carbons (Fsp3) is 0.174. The van der Waals surface area contributed by atoms with E-state index in [1.54, 1.807) is 0 Å². The van der Waals surface area contributed by atoms with Gasteiger partial charge < -0.3 is 35.0 Å². The van der Waals surface area contributed by atoms with Crippen LogP contribution in [0.25, 0.3) is 12.2 Å². The molecule has 0 aromatic heterocycles. The van der Waals surface area contributed by atoms with E-state index in [1.165, 1.54) is 60.7 Å². The maximum absolute atomic E-state index is 12.1. The summed E-state index contributed by atoms with van der Waals surface area (Å²) in [4.78, 5) is 35.4. The number of carbonyl (C=O) groups excluding carboxylic acids is 2. The molecular weight excluding hydrogens is 436 g/mol. The van der Waals surface area contributed by atoms with Crippen LogP contribution in [-0.4, -0.2) is 61.9 Å². The Morgan fingerprint density at radius 1 is 0.758 bits per heavy atom. The molecular formula is C23H22O10. The van der Waals surface area contributed by atoms with Crippen LogP contribution in [0.4, 0.5) is 0 Å². The fourth-order valence-electron chi connectivity index (χ4n) is 2.59. The van der Waals surface area contributed by atoms with Crippen LogP contribution in [0.2, 0.25) is 0 Å². The monoisotopic (exact) mass is 458 g/mol. The van der Waals surface area contributed by atoms with Crippen molar-refractivity contribution in [3.63, 3.8) is 0 Å². The third kappa shape index (κ3) is 8.85. The molecule has 0 aliphatic rings. The van der Waals surface area contributed by atoms with E-state index < -0.39 is 42.8 Å². The van der Waals surface area contributed by atoms with Gasteiger partial charge in [0.1, 0.15) is 11.5 Å². The SMILES string of the molecule is O=C(O)C[C@H](OC(=O)/C=C/c1ccc(O)cc1)[C@@H](OC(=O)/C=C/c1ccc(O)cc1)C(O)O. The summed E-state index contributed by atoms with van der Waals surface area (Å²) in [6, 6.07) is 11.6. The van der Waals surface area contributed by atoms with Gasteiger partial charge in [-0.1, -0.05) is 24.3 Å². The van der Waals surface area contributed by atoms with Gasteiger partial charge in [-0.2, -0.15) is 0 Å². The van der Waals surface area contributed by atoms with Gasteiger partial charge in [-0.25, -0.2) is 9.59 Å². The van der Waals surface area contributed by atoms with E-state index in [1.807, 2.05) is 0 Å². The first-order chi connectivity index (χ1) is 15.6. The second-order valence-corrected chi connectivity index (χ2v) is 6.74. The van der Waals surface area contributed by atoms with Crippen LogP contribution < -0.4 is 0 Å². The number of aromatic hydroxyl groups is 2. The first-order valence-electron chi connectivity index (χ1n) is 9.57. The number of phenols is 2. The number of aliphatic hydroxyl groups is 2. The number of carboxylic acid groups (broad SMARTS) is 1. The zero-order valence-electron chi connectivity index (χ0n) is 17.1. The normalized spacial score (nSPS) is 13.2. The van der Waals surface area contributed by atoms with Crippen molar-refractivity contribution in [1.29, 1.82) is 0 Å². The molecule has 0 aliphatic heterocycles. The lowest BCUT2D eigenvalue weighted by Gasteiger charge is -2.26. The smallest absolute Gasteiger partial charge is 0.331 e. The zero-order valence-corrected chi connectivity index (χ0v) is 17.1. The van der Waals surface area contributed by atoms with Gasteiger partial charge in [0.2, 0.25) is 0 Å². The number of benzene rings is 2. The van der Waals surface area contributed by atoms with Crippen molar-refractivity contribution in [3.05, 3.63) is 71.8 Å². The molecule has 2 aromatic carbocycles. The summed E-state index contributed by atoms with van der Waals surface area (Å²) >= 11 is 0. The minimum atomic E-state index is -2.34. The quantitative estimate of drug-likeness (QED) is 0.199. The molecule has 0 amide bonds. The summed E-state index contributed by atoms with van der Waals surface area (Å²) in [5.41, 5.74) is 1.06. The minimum Gasteiger partial charge on any atom is -0.508 e. The van der Waals surface area contributed by atoms with E-state index in [0.717, 1.165) is 12.2 Å². The van der Waals surface area contributed by atoms with Crippen LogP contribution in [0, 0.1) is 0 Å². The Morgan fingerprint density at radius 2 is 1.18 bits per heavy atom. The van der Waals surface area contributed by atoms with E-state index in [4.69, 9.17) is 14.6 Å². The van der Waals surface area contributed by atoms with Crippen molar-refractivity contribution < 1.29 is 49.4 Å². The molecule has 5 N–H and O–H groups in total. The molecule has 2 aromatic rings. The Bertz CT molecular complexity index is 1010.